The largest absolute Gasteiger partial charge is 0.398 e. The first-order chi connectivity index (χ1) is 5.29. The maximum absolute atomic E-state index is 5.93. The maximum atomic E-state index is 5.93. The highest BCUT2D eigenvalue weighted by Gasteiger charge is 2.02. The van der Waals surface area contributed by atoms with Crippen LogP contribution in [-0.4, -0.2) is 0 Å². The summed E-state index contributed by atoms with van der Waals surface area (Å²) < 4.78 is 1.15. The molecule has 2 rings (SSSR count). The van der Waals surface area contributed by atoms with Crippen LogP contribution in [-0.2, 0) is 0 Å². The summed E-state index contributed by atoms with van der Waals surface area (Å²) in [7, 11) is 0. The van der Waals surface area contributed by atoms with Crippen LogP contribution in [0.5, 0.6) is 0 Å². The molecule has 1 nitrogen and oxygen atoms in total. The van der Waals surface area contributed by atoms with Gasteiger partial charge in [0.15, 0.2) is 0 Å². The van der Waals surface area contributed by atoms with Crippen LogP contribution in [0.25, 0.3) is 10.1 Å². The zero-order chi connectivity index (χ0) is 7.84. The molecular formula is C8H6ClNS. The van der Waals surface area contributed by atoms with Crippen LogP contribution in [0.15, 0.2) is 23.6 Å². The normalized spacial score (nSPS) is 10.6. The Morgan fingerprint density at radius 3 is 2.91 bits per heavy atom. The molecule has 2 N–H and O–H groups in total. The number of nitrogen functional groups attached to an aromatic ring is 1. The number of hydrogen-bond donors (Lipinski definition) is 1. The van der Waals surface area contributed by atoms with E-state index in [4.69, 9.17) is 17.3 Å². The predicted octanol–water partition coefficient (Wildman–Crippen LogP) is 3.14. The Balaban J connectivity index is 2.96. The van der Waals surface area contributed by atoms with Gasteiger partial charge in [0.1, 0.15) is 0 Å². The summed E-state index contributed by atoms with van der Waals surface area (Å²) in [5.41, 5.74) is 6.48. The van der Waals surface area contributed by atoms with Crippen molar-refractivity contribution in [2.45, 2.75) is 0 Å². The van der Waals surface area contributed by atoms with Gasteiger partial charge >= 0.3 is 0 Å². The molecule has 1 heterocycles. The lowest BCUT2D eigenvalue weighted by atomic mass is 10.2. The zero-order valence-electron chi connectivity index (χ0n) is 5.67. The van der Waals surface area contributed by atoms with E-state index in [0.717, 1.165) is 20.8 Å². The molecule has 56 valence electrons. The monoisotopic (exact) mass is 183 g/mol. The molecule has 0 atom stereocenters. The minimum atomic E-state index is 0.737. The molecule has 11 heavy (non-hydrogen) atoms. The lowest BCUT2D eigenvalue weighted by Gasteiger charge is -1.93. The van der Waals surface area contributed by atoms with Gasteiger partial charge in [0.2, 0.25) is 0 Å². The van der Waals surface area contributed by atoms with Crippen molar-refractivity contribution in [2.75, 3.05) is 5.73 Å². The number of nitrogens with two attached hydrogens (primary N) is 1. The van der Waals surface area contributed by atoms with Gasteiger partial charge in [0.05, 0.1) is 10.7 Å². The van der Waals surface area contributed by atoms with Gasteiger partial charge in [-0.2, -0.15) is 0 Å². The van der Waals surface area contributed by atoms with Crippen molar-refractivity contribution < 1.29 is 0 Å². The average Bonchev–Trinajstić information content (AvgIpc) is 2.34. The Bertz CT molecular complexity index is 394. The van der Waals surface area contributed by atoms with Crippen molar-refractivity contribution in [3.8, 4) is 0 Å². The molecule has 0 bridgehead atoms. The van der Waals surface area contributed by atoms with Gasteiger partial charge in [-0.3, -0.25) is 0 Å². The van der Waals surface area contributed by atoms with E-state index in [9.17, 15) is 0 Å². The second-order valence-electron chi connectivity index (χ2n) is 2.30. The lowest BCUT2D eigenvalue weighted by molar-refractivity contribution is 1.83. The van der Waals surface area contributed by atoms with Gasteiger partial charge < -0.3 is 5.73 Å². The Morgan fingerprint density at radius 2 is 2.18 bits per heavy atom. The number of benzene rings is 1. The molecule has 1 aromatic carbocycles. The average molecular weight is 184 g/mol. The van der Waals surface area contributed by atoms with E-state index in [2.05, 4.69) is 0 Å². The highest BCUT2D eigenvalue weighted by atomic mass is 35.5. The Morgan fingerprint density at radius 1 is 1.36 bits per heavy atom. The smallest absolute Gasteiger partial charge is 0.0517 e. The summed E-state index contributed by atoms with van der Waals surface area (Å²) in [4.78, 5) is 0. The van der Waals surface area contributed by atoms with Crippen molar-refractivity contribution in [1.29, 1.82) is 0 Å². The van der Waals surface area contributed by atoms with Crippen LogP contribution in [0.2, 0.25) is 5.02 Å². The third-order valence-corrected chi connectivity index (χ3v) is 2.86. The molecule has 3 heteroatoms. The molecule has 2 aromatic rings. The number of halogens is 1. The minimum absolute atomic E-state index is 0.737. The summed E-state index contributed by atoms with van der Waals surface area (Å²) >= 11 is 7.55. The fraction of sp³-hybridized carbons (Fsp3) is 0. The molecule has 0 unspecified atom stereocenters. The third kappa shape index (κ3) is 0.988. The van der Waals surface area contributed by atoms with Gasteiger partial charge in [0.25, 0.3) is 0 Å². The predicted molar refractivity (Wildman–Crippen MR) is 51.2 cm³/mol. The molecule has 0 aliphatic rings. The fourth-order valence-electron chi connectivity index (χ4n) is 1.07. The Kier molecular flexibility index (Phi) is 1.51. The van der Waals surface area contributed by atoms with Gasteiger partial charge in [0, 0.05) is 15.5 Å². The number of fused-ring (bicyclic) bond motifs is 1. The van der Waals surface area contributed by atoms with Crippen LogP contribution in [0, 0.1) is 0 Å². The van der Waals surface area contributed by atoms with E-state index in [1.54, 1.807) is 11.3 Å². The quantitative estimate of drug-likeness (QED) is 0.667. The topological polar surface area (TPSA) is 26.0 Å². The molecule has 0 radical (unpaired) electrons. The second-order valence-corrected chi connectivity index (χ2v) is 3.62. The SMILES string of the molecule is Nc1csc2cccc(Cl)c12. The first-order valence-corrected chi connectivity index (χ1v) is 4.46. The standard InChI is InChI=1S/C8H6ClNS/c9-5-2-1-3-7-8(5)6(10)4-11-7/h1-4H,10H2. The molecule has 0 fully saturated rings. The first-order valence-electron chi connectivity index (χ1n) is 3.20. The molecule has 0 amide bonds. The van der Waals surface area contributed by atoms with Crippen LogP contribution in [0.1, 0.15) is 0 Å². The van der Waals surface area contributed by atoms with Gasteiger partial charge in [-0.25, -0.2) is 0 Å². The first kappa shape index (κ1) is 6.95. The minimum Gasteiger partial charge on any atom is -0.398 e. The van der Waals surface area contributed by atoms with Gasteiger partial charge in [-0.15, -0.1) is 11.3 Å². The molecule has 1 aromatic heterocycles. The summed E-state index contributed by atoms with van der Waals surface area (Å²) in [6.07, 6.45) is 0. The number of rotatable bonds is 0. The summed E-state index contributed by atoms with van der Waals surface area (Å²) in [5, 5.41) is 3.64. The fourth-order valence-corrected chi connectivity index (χ4v) is 2.28. The van der Waals surface area contributed by atoms with Crippen molar-refractivity contribution in [3.05, 3.63) is 28.6 Å². The van der Waals surface area contributed by atoms with Gasteiger partial charge in [-0.1, -0.05) is 17.7 Å². The molecular weight excluding hydrogens is 178 g/mol. The van der Waals surface area contributed by atoms with E-state index in [1.165, 1.54) is 0 Å². The summed E-state index contributed by atoms with van der Waals surface area (Å²) in [5.74, 6) is 0. The zero-order valence-corrected chi connectivity index (χ0v) is 7.25. The maximum Gasteiger partial charge on any atom is 0.0517 e. The van der Waals surface area contributed by atoms with E-state index in [1.807, 2.05) is 23.6 Å². The van der Waals surface area contributed by atoms with Gasteiger partial charge in [-0.05, 0) is 12.1 Å². The van der Waals surface area contributed by atoms with Crippen molar-refractivity contribution in [1.82, 2.24) is 0 Å². The summed E-state index contributed by atoms with van der Waals surface area (Å²) in [6.45, 7) is 0. The molecule has 0 aliphatic carbocycles. The molecule has 0 aliphatic heterocycles. The van der Waals surface area contributed by atoms with Crippen molar-refractivity contribution in [2.24, 2.45) is 0 Å². The van der Waals surface area contributed by atoms with E-state index >= 15 is 0 Å². The summed E-state index contributed by atoms with van der Waals surface area (Å²) in [6, 6.07) is 5.80. The van der Waals surface area contributed by atoms with Crippen LogP contribution >= 0.6 is 22.9 Å². The van der Waals surface area contributed by atoms with E-state index < -0.39 is 0 Å². The number of anilines is 1. The van der Waals surface area contributed by atoms with E-state index in [0.29, 0.717) is 0 Å². The Hall–Kier alpha value is -0.730. The van der Waals surface area contributed by atoms with Crippen LogP contribution < -0.4 is 5.73 Å². The highest BCUT2D eigenvalue weighted by Crippen LogP contribution is 2.33. The third-order valence-electron chi connectivity index (χ3n) is 1.58. The van der Waals surface area contributed by atoms with E-state index in [-0.39, 0.29) is 0 Å². The van der Waals surface area contributed by atoms with Crippen LogP contribution in [0.3, 0.4) is 0 Å². The molecule has 0 saturated heterocycles. The highest BCUT2D eigenvalue weighted by molar-refractivity contribution is 7.17. The number of thiophene rings is 1. The molecule has 0 saturated carbocycles. The molecule has 0 spiro atoms. The van der Waals surface area contributed by atoms with Crippen molar-refractivity contribution in [3.63, 3.8) is 0 Å². The lowest BCUT2D eigenvalue weighted by Crippen LogP contribution is -1.80. The number of hydrogen-bond acceptors (Lipinski definition) is 2. The van der Waals surface area contributed by atoms with Crippen molar-refractivity contribution >= 4 is 38.7 Å². The second kappa shape index (κ2) is 2.40. The Labute approximate surface area is 73.4 Å². The van der Waals surface area contributed by atoms with Crippen LogP contribution in [0.4, 0.5) is 5.69 Å².